The Hall–Kier alpha value is -1.62. The van der Waals surface area contributed by atoms with Gasteiger partial charge in [-0.1, -0.05) is 13.2 Å². The summed E-state index contributed by atoms with van der Waals surface area (Å²) < 4.78 is 9.36. The molecule has 15 heavy (non-hydrogen) atoms. The lowest BCUT2D eigenvalue weighted by atomic mass is 10.3. The van der Waals surface area contributed by atoms with E-state index in [1.54, 1.807) is 0 Å². The molecular formula is C10H14O5. The van der Waals surface area contributed by atoms with Crippen LogP contribution in [0.25, 0.3) is 0 Å². The van der Waals surface area contributed by atoms with E-state index in [9.17, 15) is 9.59 Å². The van der Waals surface area contributed by atoms with E-state index in [4.69, 9.17) is 9.84 Å². The minimum atomic E-state index is -0.876. The molecule has 0 aliphatic carbocycles. The number of esters is 2. The Bertz CT molecular complexity index is 269. The summed E-state index contributed by atoms with van der Waals surface area (Å²) in [5.41, 5.74) is 0.238. The summed E-state index contributed by atoms with van der Waals surface area (Å²) in [7, 11) is 0. The van der Waals surface area contributed by atoms with E-state index < -0.39 is 24.6 Å². The van der Waals surface area contributed by atoms with Crippen molar-refractivity contribution in [3.05, 3.63) is 24.8 Å². The number of ether oxygens (including phenoxy) is 2. The minimum absolute atomic E-state index is 0.207. The van der Waals surface area contributed by atoms with Gasteiger partial charge in [-0.05, 0) is 6.92 Å². The summed E-state index contributed by atoms with van der Waals surface area (Å²) in [6, 6.07) is 0. The Balaban J connectivity index is 4.00. The first-order chi connectivity index (χ1) is 7.01. The summed E-state index contributed by atoms with van der Waals surface area (Å²) in [4.78, 5) is 21.7. The van der Waals surface area contributed by atoms with Crippen molar-refractivity contribution in [3.8, 4) is 0 Å². The van der Waals surface area contributed by atoms with Crippen LogP contribution < -0.4 is 0 Å². The molecule has 0 saturated carbocycles. The molecular weight excluding hydrogens is 200 g/mol. The van der Waals surface area contributed by atoms with Gasteiger partial charge < -0.3 is 14.6 Å². The molecule has 5 nitrogen and oxygen atoms in total. The molecule has 84 valence electrons. The Kier molecular flexibility index (Phi) is 6.05. The van der Waals surface area contributed by atoms with Gasteiger partial charge in [0, 0.05) is 11.6 Å². The van der Waals surface area contributed by atoms with Gasteiger partial charge in [0.05, 0.1) is 6.61 Å². The maximum absolute atomic E-state index is 11.0. The molecule has 5 heteroatoms. The van der Waals surface area contributed by atoms with E-state index in [0.29, 0.717) is 0 Å². The number of hydrogen-bond acceptors (Lipinski definition) is 5. The molecule has 0 radical (unpaired) electrons. The molecule has 0 aromatic rings. The van der Waals surface area contributed by atoms with Gasteiger partial charge in [-0.3, -0.25) is 0 Å². The quantitative estimate of drug-likeness (QED) is 0.505. The van der Waals surface area contributed by atoms with Crippen LogP contribution in [0.15, 0.2) is 24.8 Å². The Morgan fingerprint density at radius 3 is 2.53 bits per heavy atom. The van der Waals surface area contributed by atoms with Gasteiger partial charge in [0.25, 0.3) is 0 Å². The highest BCUT2D eigenvalue weighted by molar-refractivity contribution is 5.87. The van der Waals surface area contributed by atoms with Crippen molar-refractivity contribution in [3.63, 3.8) is 0 Å². The summed E-state index contributed by atoms with van der Waals surface area (Å²) in [6.45, 7) is 7.43. The molecule has 0 bridgehead atoms. The zero-order chi connectivity index (χ0) is 11.8. The van der Waals surface area contributed by atoms with Crippen molar-refractivity contribution in [2.45, 2.75) is 13.0 Å². The molecule has 1 unspecified atom stereocenters. The van der Waals surface area contributed by atoms with Crippen LogP contribution in [0.3, 0.4) is 0 Å². The van der Waals surface area contributed by atoms with E-state index in [2.05, 4.69) is 17.9 Å². The lowest BCUT2D eigenvalue weighted by Crippen LogP contribution is -2.27. The predicted octanol–water partition coefficient (Wildman–Crippen LogP) is 0.196. The topological polar surface area (TPSA) is 72.8 Å². The molecule has 0 aromatic carbocycles. The van der Waals surface area contributed by atoms with Gasteiger partial charge >= 0.3 is 11.9 Å². The van der Waals surface area contributed by atoms with Crippen molar-refractivity contribution in [2.75, 3.05) is 13.2 Å². The second kappa shape index (κ2) is 6.78. The summed E-state index contributed by atoms with van der Waals surface area (Å²) >= 11 is 0. The first kappa shape index (κ1) is 13.4. The normalized spacial score (nSPS) is 11.3. The smallest absolute Gasteiger partial charge is 0.333 e. The second-order valence-corrected chi connectivity index (χ2v) is 2.82. The van der Waals surface area contributed by atoms with Gasteiger partial charge in [0.15, 0.2) is 6.10 Å². The average Bonchev–Trinajstić information content (AvgIpc) is 2.22. The highest BCUT2D eigenvalue weighted by Gasteiger charge is 2.14. The van der Waals surface area contributed by atoms with Crippen LogP contribution in [-0.4, -0.2) is 36.4 Å². The van der Waals surface area contributed by atoms with Crippen LogP contribution in [0.5, 0.6) is 0 Å². The molecule has 0 amide bonds. The number of carbonyl (C=O) groups excluding carboxylic acids is 2. The highest BCUT2D eigenvalue weighted by atomic mass is 16.6. The van der Waals surface area contributed by atoms with Crippen LogP contribution in [-0.2, 0) is 19.1 Å². The van der Waals surface area contributed by atoms with Gasteiger partial charge in [-0.15, -0.1) is 0 Å². The van der Waals surface area contributed by atoms with Crippen molar-refractivity contribution in [1.29, 1.82) is 0 Å². The molecule has 0 rings (SSSR count). The van der Waals surface area contributed by atoms with Crippen molar-refractivity contribution in [2.24, 2.45) is 0 Å². The van der Waals surface area contributed by atoms with E-state index in [1.807, 2.05) is 0 Å². The molecule has 0 spiro atoms. The fourth-order valence-corrected chi connectivity index (χ4v) is 0.628. The third-order valence-electron chi connectivity index (χ3n) is 1.40. The first-order valence-corrected chi connectivity index (χ1v) is 4.27. The lowest BCUT2D eigenvalue weighted by Gasteiger charge is -2.14. The van der Waals surface area contributed by atoms with Crippen molar-refractivity contribution < 1.29 is 24.2 Å². The molecule has 0 aliphatic rings. The summed E-state index contributed by atoms with van der Waals surface area (Å²) in [5.74, 6) is -1.27. The molecule has 0 saturated heterocycles. The first-order valence-electron chi connectivity index (χ1n) is 4.27. The summed E-state index contributed by atoms with van der Waals surface area (Å²) in [6.07, 6.45) is 0.0854. The molecule has 0 heterocycles. The standard InChI is InChI=1S/C10H14O5/c1-4-9(12)15-8(5-11)6-14-10(13)7(2)3/h4,8,11H,1-2,5-6H2,3H3. The Labute approximate surface area is 88.0 Å². The molecule has 0 aliphatic heterocycles. The monoisotopic (exact) mass is 214 g/mol. The number of rotatable bonds is 6. The molecule has 0 fully saturated rings. The van der Waals surface area contributed by atoms with E-state index in [-0.39, 0.29) is 12.2 Å². The number of aliphatic hydroxyl groups is 1. The summed E-state index contributed by atoms with van der Waals surface area (Å²) in [5, 5.41) is 8.80. The van der Waals surface area contributed by atoms with Gasteiger partial charge in [-0.2, -0.15) is 0 Å². The van der Waals surface area contributed by atoms with Gasteiger partial charge in [0.1, 0.15) is 6.61 Å². The molecule has 1 N–H and O–H groups in total. The predicted molar refractivity (Wildman–Crippen MR) is 52.9 cm³/mol. The van der Waals surface area contributed by atoms with Crippen LogP contribution in [0.4, 0.5) is 0 Å². The van der Waals surface area contributed by atoms with E-state index in [0.717, 1.165) is 6.08 Å². The van der Waals surface area contributed by atoms with E-state index in [1.165, 1.54) is 6.92 Å². The molecule has 1 atom stereocenters. The fraction of sp³-hybridized carbons (Fsp3) is 0.400. The SMILES string of the molecule is C=CC(=O)OC(CO)COC(=O)C(=C)C. The van der Waals surface area contributed by atoms with Gasteiger partial charge in [0.2, 0.25) is 0 Å². The van der Waals surface area contributed by atoms with Crippen molar-refractivity contribution >= 4 is 11.9 Å². The maximum Gasteiger partial charge on any atom is 0.333 e. The second-order valence-electron chi connectivity index (χ2n) is 2.82. The average molecular weight is 214 g/mol. The highest BCUT2D eigenvalue weighted by Crippen LogP contribution is 1.98. The zero-order valence-corrected chi connectivity index (χ0v) is 8.56. The largest absolute Gasteiger partial charge is 0.458 e. The van der Waals surface area contributed by atoms with Crippen molar-refractivity contribution in [1.82, 2.24) is 0 Å². The van der Waals surface area contributed by atoms with E-state index >= 15 is 0 Å². The zero-order valence-electron chi connectivity index (χ0n) is 8.56. The fourth-order valence-electron chi connectivity index (χ4n) is 0.628. The third-order valence-corrected chi connectivity index (χ3v) is 1.40. The maximum atomic E-state index is 11.0. The van der Waals surface area contributed by atoms with Crippen LogP contribution >= 0.6 is 0 Å². The Morgan fingerprint density at radius 1 is 1.53 bits per heavy atom. The van der Waals surface area contributed by atoms with Crippen LogP contribution in [0.1, 0.15) is 6.92 Å². The van der Waals surface area contributed by atoms with Crippen LogP contribution in [0, 0.1) is 0 Å². The molecule has 0 aromatic heterocycles. The number of hydrogen-bond donors (Lipinski definition) is 1. The number of carbonyl (C=O) groups is 2. The third kappa shape index (κ3) is 5.64. The number of aliphatic hydroxyl groups excluding tert-OH is 1. The Morgan fingerprint density at radius 2 is 2.13 bits per heavy atom. The van der Waals surface area contributed by atoms with Gasteiger partial charge in [-0.25, -0.2) is 9.59 Å². The minimum Gasteiger partial charge on any atom is -0.458 e. The lowest BCUT2D eigenvalue weighted by molar-refractivity contribution is -0.155. The van der Waals surface area contributed by atoms with Crippen LogP contribution in [0.2, 0.25) is 0 Å².